The molecule has 2 aliphatic rings. The Balaban J connectivity index is 1.78. The van der Waals surface area contributed by atoms with Crippen molar-refractivity contribution in [1.29, 1.82) is 0 Å². The van der Waals surface area contributed by atoms with Crippen LogP contribution >= 0.6 is 23.2 Å². The summed E-state index contributed by atoms with van der Waals surface area (Å²) in [5.74, 6) is 1.70. The summed E-state index contributed by atoms with van der Waals surface area (Å²) in [5.41, 5.74) is 3.46. The van der Waals surface area contributed by atoms with E-state index in [9.17, 15) is 0 Å². The Labute approximate surface area is 146 Å². The Morgan fingerprint density at radius 2 is 1.91 bits per heavy atom. The maximum Gasteiger partial charge on any atom is 0.118 e. The first kappa shape index (κ1) is 14.9. The first-order valence-corrected chi connectivity index (χ1v) is 8.49. The topological polar surface area (TPSA) is 21.3 Å². The molecule has 0 unspecified atom stereocenters. The summed E-state index contributed by atoms with van der Waals surface area (Å²) in [6.45, 7) is 0. The molecule has 1 N–H and O–H groups in total. The van der Waals surface area contributed by atoms with Crippen molar-refractivity contribution in [2.75, 3.05) is 12.4 Å². The highest BCUT2D eigenvalue weighted by atomic mass is 35.5. The predicted molar refractivity (Wildman–Crippen MR) is 95.8 cm³/mol. The van der Waals surface area contributed by atoms with Crippen LogP contribution in [-0.4, -0.2) is 7.11 Å². The largest absolute Gasteiger partial charge is 0.497 e. The molecule has 0 bridgehead atoms. The Hall–Kier alpha value is -1.64. The van der Waals surface area contributed by atoms with Gasteiger partial charge in [0.1, 0.15) is 5.75 Å². The number of rotatable bonds is 2. The second-order valence-electron chi connectivity index (χ2n) is 6.10. The zero-order valence-electron chi connectivity index (χ0n) is 12.7. The van der Waals surface area contributed by atoms with Crippen molar-refractivity contribution in [2.24, 2.45) is 5.92 Å². The van der Waals surface area contributed by atoms with E-state index < -0.39 is 0 Å². The fourth-order valence-electron chi connectivity index (χ4n) is 3.76. The van der Waals surface area contributed by atoms with Gasteiger partial charge in [0.25, 0.3) is 0 Å². The molecule has 4 heteroatoms. The molecule has 0 radical (unpaired) electrons. The summed E-state index contributed by atoms with van der Waals surface area (Å²) < 4.78 is 5.26. The molecule has 0 fully saturated rings. The van der Waals surface area contributed by atoms with Crippen LogP contribution in [0.1, 0.15) is 29.5 Å². The number of hydrogen-bond donors (Lipinski definition) is 1. The van der Waals surface area contributed by atoms with Crippen LogP contribution in [0.15, 0.2) is 48.6 Å². The average molecular weight is 346 g/mol. The van der Waals surface area contributed by atoms with E-state index in [4.69, 9.17) is 27.9 Å². The van der Waals surface area contributed by atoms with Gasteiger partial charge < -0.3 is 10.1 Å². The number of nitrogens with one attached hydrogen (secondary N) is 1. The number of fused-ring (bicyclic) bond motifs is 3. The van der Waals surface area contributed by atoms with E-state index in [-0.39, 0.29) is 6.04 Å². The van der Waals surface area contributed by atoms with Crippen molar-refractivity contribution in [3.8, 4) is 5.75 Å². The first-order valence-electron chi connectivity index (χ1n) is 7.73. The monoisotopic (exact) mass is 345 g/mol. The Morgan fingerprint density at radius 3 is 2.65 bits per heavy atom. The van der Waals surface area contributed by atoms with Gasteiger partial charge in [0.2, 0.25) is 0 Å². The van der Waals surface area contributed by atoms with Gasteiger partial charge in [0.05, 0.1) is 23.9 Å². The molecule has 2 aromatic rings. The zero-order chi connectivity index (χ0) is 16.0. The quantitative estimate of drug-likeness (QED) is 0.691. The van der Waals surface area contributed by atoms with Gasteiger partial charge in [-0.15, -0.1) is 0 Å². The summed E-state index contributed by atoms with van der Waals surface area (Å²) in [5, 5.41) is 5.02. The van der Waals surface area contributed by atoms with Gasteiger partial charge in [-0.1, -0.05) is 47.5 Å². The molecule has 23 heavy (non-hydrogen) atoms. The Kier molecular flexibility index (Phi) is 3.74. The van der Waals surface area contributed by atoms with Crippen LogP contribution < -0.4 is 10.1 Å². The number of ether oxygens (including phenoxy) is 1. The van der Waals surface area contributed by atoms with Crippen LogP contribution in [0.5, 0.6) is 5.75 Å². The Morgan fingerprint density at radius 1 is 1.13 bits per heavy atom. The molecule has 1 aliphatic heterocycles. The lowest BCUT2D eigenvalue weighted by molar-refractivity contribution is 0.411. The van der Waals surface area contributed by atoms with E-state index >= 15 is 0 Å². The van der Waals surface area contributed by atoms with Crippen molar-refractivity contribution in [3.05, 3.63) is 69.7 Å². The number of anilines is 1. The first-order chi connectivity index (χ1) is 11.2. The van der Waals surface area contributed by atoms with Gasteiger partial charge in [0, 0.05) is 10.9 Å². The van der Waals surface area contributed by atoms with Crippen LogP contribution in [0.25, 0.3) is 0 Å². The number of benzene rings is 2. The molecule has 0 amide bonds. The molecule has 4 rings (SSSR count). The Bertz CT molecular complexity index is 770. The molecular formula is C19H17Cl2NO. The predicted octanol–water partition coefficient (Wildman–Crippen LogP) is 5.83. The summed E-state index contributed by atoms with van der Waals surface area (Å²) in [6.07, 6.45) is 5.60. The molecular weight excluding hydrogens is 329 g/mol. The molecule has 1 heterocycles. The molecule has 2 nitrogen and oxygen atoms in total. The zero-order valence-corrected chi connectivity index (χ0v) is 14.2. The summed E-state index contributed by atoms with van der Waals surface area (Å²) in [6, 6.07) is 12.3. The van der Waals surface area contributed by atoms with Gasteiger partial charge in [-0.05, 0) is 47.7 Å². The van der Waals surface area contributed by atoms with Crippen molar-refractivity contribution >= 4 is 28.9 Å². The second-order valence-corrected chi connectivity index (χ2v) is 6.94. The van der Waals surface area contributed by atoms with Crippen LogP contribution in [0.2, 0.25) is 10.0 Å². The van der Waals surface area contributed by atoms with E-state index in [1.165, 1.54) is 11.1 Å². The van der Waals surface area contributed by atoms with E-state index in [0.29, 0.717) is 21.9 Å². The minimum atomic E-state index is 0.229. The van der Waals surface area contributed by atoms with Crippen molar-refractivity contribution in [1.82, 2.24) is 0 Å². The summed E-state index contributed by atoms with van der Waals surface area (Å²) in [7, 11) is 1.69. The van der Waals surface area contributed by atoms with E-state index in [0.717, 1.165) is 17.9 Å². The maximum atomic E-state index is 6.45. The number of allylic oxidation sites excluding steroid dienone is 2. The van der Waals surface area contributed by atoms with Gasteiger partial charge in [-0.2, -0.15) is 0 Å². The maximum absolute atomic E-state index is 6.45. The minimum Gasteiger partial charge on any atom is -0.497 e. The average Bonchev–Trinajstić information content (AvgIpc) is 3.04. The third-order valence-corrected chi connectivity index (χ3v) is 5.38. The van der Waals surface area contributed by atoms with Crippen LogP contribution in [-0.2, 0) is 0 Å². The normalized spacial score (nSPS) is 24.7. The van der Waals surface area contributed by atoms with Crippen LogP contribution in [0.3, 0.4) is 0 Å². The third kappa shape index (κ3) is 2.50. The van der Waals surface area contributed by atoms with E-state index in [1.54, 1.807) is 13.2 Å². The van der Waals surface area contributed by atoms with Crippen molar-refractivity contribution in [3.63, 3.8) is 0 Å². The number of halogens is 2. The standard InChI is InChI=1S/C19H17Cl2NO/c1-23-13-7-5-11(6-8-13)18-15-4-2-3-14(15)16-9-12(20)10-17(21)19(16)22-18/h2-3,5-10,14-15,18,22H,4H2,1H3/t14-,15+,18+/m1/s1. The third-order valence-electron chi connectivity index (χ3n) is 4.86. The lowest BCUT2D eigenvalue weighted by Gasteiger charge is -2.38. The molecule has 0 spiro atoms. The number of hydrogen-bond acceptors (Lipinski definition) is 2. The summed E-state index contributed by atoms with van der Waals surface area (Å²) >= 11 is 12.7. The summed E-state index contributed by atoms with van der Waals surface area (Å²) in [4.78, 5) is 0. The molecule has 3 atom stereocenters. The van der Waals surface area contributed by atoms with Crippen LogP contribution in [0, 0.1) is 5.92 Å². The fraction of sp³-hybridized carbons (Fsp3) is 0.263. The van der Waals surface area contributed by atoms with E-state index in [1.807, 2.05) is 18.2 Å². The molecule has 0 saturated carbocycles. The van der Waals surface area contributed by atoms with E-state index in [2.05, 4.69) is 29.6 Å². The smallest absolute Gasteiger partial charge is 0.118 e. The number of methoxy groups -OCH3 is 1. The van der Waals surface area contributed by atoms with Crippen molar-refractivity contribution < 1.29 is 4.74 Å². The molecule has 0 saturated heterocycles. The van der Waals surface area contributed by atoms with Gasteiger partial charge >= 0.3 is 0 Å². The van der Waals surface area contributed by atoms with Gasteiger partial charge in [-0.3, -0.25) is 0 Å². The van der Waals surface area contributed by atoms with Crippen LogP contribution in [0.4, 0.5) is 5.69 Å². The molecule has 0 aromatic heterocycles. The minimum absolute atomic E-state index is 0.229. The highest BCUT2D eigenvalue weighted by Gasteiger charge is 2.38. The molecule has 2 aromatic carbocycles. The fourth-order valence-corrected chi connectivity index (χ4v) is 4.33. The van der Waals surface area contributed by atoms with Gasteiger partial charge in [-0.25, -0.2) is 0 Å². The SMILES string of the molecule is COc1ccc([C@@H]2Nc3c(Cl)cc(Cl)cc3[C@@H]3C=CC[C@@H]32)cc1. The highest BCUT2D eigenvalue weighted by Crippen LogP contribution is 2.52. The highest BCUT2D eigenvalue weighted by molar-refractivity contribution is 6.36. The van der Waals surface area contributed by atoms with Gasteiger partial charge in [0.15, 0.2) is 0 Å². The molecule has 118 valence electrons. The lowest BCUT2D eigenvalue weighted by Crippen LogP contribution is -2.29. The van der Waals surface area contributed by atoms with Crippen molar-refractivity contribution in [2.45, 2.75) is 18.4 Å². The lowest BCUT2D eigenvalue weighted by atomic mass is 9.77. The second kappa shape index (κ2) is 5.77. The molecule has 1 aliphatic carbocycles.